The SMILES string of the molecule is O=C1CCN(C(Cl)c2ccccc2Cl)CC1. The van der Waals surface area contributed by atoms with Gasteiger partial charge in [-0.2, -0.15) is 0 Å². The van der Waals surface area contributed by atoms with Gasteiger partial charge in [0, 0.05) is 36.5 Å². The second kappa shape index (κ2) is 5.17. The summed E-state index contributed by atoms with van der Waals surface area (Å²) in [6.07, 6.45) is 1.18. The standard InChI is InChI=1S/C12H13Cl2NO/c13-11-4-2-1-3-10(11)12(14)15-7-5-9(16)6-8-15/h1-4,12H,5-8H2. The molecule has 16 heavy (non-hydrogen) atoms. The number of carbonyl (C=O) groups is 1. The van der Waals surface area contributed by atoms with E-state index in [0.29, 0.717) is 23.6 Å². The number of halogens is 2. The van der Waals surface area contributed by atoms with Crippen molar-refractivity contribution in [2.45, 2.75) is 18.3 Å². The van der Waals surface area contributed by atoms with Crippen molar-refractivity contribution in [3.63, 3.8) is 0 Å². The highest BCUT2D eigenvalue weighted by atomic mass is 35.5. The lowest BCUT2D eigenvalue weighted by atomic mass is 10.1. The zero-order chi connectivity index (χ0) is 11.5. The van der Waals surface area contributed by atoms with Gasteiger partial charge in [0.1, 0.15) is 11.3 Å². The highest BCUT2D eigenvalue weighted by molar-refractivity contribution is 6.32. The molecule has 1 aliphatic rings. The fourth-order valence-electron chi connectivity index (χ4n) is 1.87. The Hall–Kier alpha value is -0.570. The molecule has 0 amide bonds. The molecule has 0 spiro atoms. The number of hydrogen-bond donors (Lipinski definition) is 0. The summed E-state index contributed by atoms with van der Waals surface area (Å²) < 4.78 is 0. The Morgan fingerprint density at radius 2 is 1.81 bits per heavy atom. The number of piperidine rings is 1. The summed E-state index contributed by atoms with van der Waals surface area (Å²) in [7, 11) is 0. The molecule has 1 aromatic rings. The van der Waals surface area contributed by atoms with Crippen LogP contribution in [0.5, 0.6) is 0 Å². The summed E-state index contributed by atoms with van der Waals surface area (Å²) in [5.41, 5.74) is 0.682. The number of likely N-dealkylation sites (tertiary alicyclic amines) is 1. The molecule has 1 heterocycles. The van der Waals surface area contributed by atoms with Crippen LogP contribution in [0.2, 0.25) is 5.02 Å². The van der Waals surface area contributed by atoms with Crippen LogP contribution in [0.4, 0.5) is 0 Å². The molecule has 0 bridgehead atoms. The van der Waals surface area contributed by atoms with E-state index < -0.39 is 0 Å². The molecule has 0 aromatic heterocycles. The second-order valence-electron chi connectivity index (χ2n) is 3.93. The number of carbonyl (C=O) groups excluding carboxylic acids is 1. The van der Waals surface area contributed by atoms with Crippen LogP contribution < -0.4 is 0 Å². The van der Waals surface area contributed by atoms with Crippen LogP contribution in [0.25, 0.3) is 0 Å². The van der Waals surface area contributed by atoms with E-state index >= 15 is 0 Å². The molecule has 86 valence electrons. The summed E-state index contributed by atoms with van der Waals surface area (Å²) in [5.74, 6) is 0.319. The molecular weight excluding hydrogens is 245 g/mol. The van der Waals surface area contributed by atoms with Crippen molar-refractivity contribution in [1.29, 1.82) is 0 Å². The van der Waals surface area contributed by atoms with Crippen LogP contribution in [0, 0.1) is 0 Å². The molecule has 1 fully saturated rings. The smallest absolute Gasteiger partial charge is 0.135 e. The van der Waals surface area contributed by atoms with Crippen molar-refractivity contribution in [1.82, 2.24) is 4.90 Å². The van der Waals surface area contributed by atoms with Crippen molar-refractivity contribution in [2.24, 2.45) is 0 Å². The van der Waals surface area contributed by atoms with Gasteiger partial charge < -0.3 is 0 Å². The van der Waals surface area contributed by atoms with Crippen molar-refractivity contribution in [3.8, 4) is 0 Å². The van der Waals surface area contributed by atoms with Gasteiger partial charge in [-0.15, -0.1) is 11.6 Å². The first kappa shape index (κ1) is 11.9. The minimum atomic E-state index is -0.234. The predicted octanol–water partition coefficient (Wildman–Crippen LogP) is 3.24. The highest BCUT2D eigenvalue weighted by Gasteiger charge is 2.24. The van der Waals surface area contributed by atoms with Gasteiger partial charge in [0.15, 0.2) is 0 Å². The maximum absolute atomic E-state index is 11.1. The van der Waals surface area contributed by atoms with Crippen LogP contribution in [0.3, 0.4) is 0 Å². The largest absolute Gasteiger partial charge is 0.300 e. The fraction of sp³-hybridized carbons (Fsp3) is 0.417. The lowest BCUT2D eigenvalue weighted by molar-refractivity contribution is -0.121. The average molecular weight is 258 g/mol. The highest BCUT2D eigenvalue weighted by Crippen LogP contribution is 2.31. The first-order valence-electron chi connectivity index (χ1n) is 5.33. The van der Waals surface area contributed by atoms with Crippen molar-refractivity contribution in [2.75, 3.05) is 13.1 Å². The number of nitrogens with zero attached hydrogens (tertiary/aromatic N) is 1. The molecule has 4 heteroatoms. The topological polar surface area (TPSA) is 20.3 Å². The van der Waals surface area contributed by atoms with Crippen LogP contribution in [0.1, 0.15) is 23.9 Å². The van der Waals surface area contributed by atoms with Crippen LogP contribution in [0.15, 0.2) is 24.3 Å². The van der Waals surface area contributed by atoms with Gasteiger partial charge in [-0.3, -0.25) is 9.69 Å². The van der Waals surface area contributed by atoms with Gasteiger partial charge >= 0.3 is 0 Å². The Morgan fingerprint density at radius 3 is 2.44 bits per heavy atom. The normalized spacial score (nSPS) is 19.8. The molecule has 1 saturated heterocycles. The van der Waals surface area contributed by atoms with Crippen LogP contribution in [-0.4, -0.2) is 23.8 Å². The molecule has 0 aliphatic carbocycles. The number of alkyl halides is 1. The van der Waals surface area contributed by atoms with Gasteiger partial charge in [0.2, 0.25) is 0 Å². The van der Waals surface area contributed by atoms with Gasteiger partial charge in [0.05, 0.1) is 0 Å². The van der Waals surface area contributed by atoms with Crippen molar-refractivity contribution < 1.29 is 4.79 Å². The zero-order valence-electron chi connectivity index (χ0n) is 8.83. The van der Waals surface area contributed by atoms with Gasteiger partial charge in [0.25, 0.3) is 0 Å². The third kappa shape index (κ3) is 2.57. The van der Waals surface area contributed by atoms with Gasteiger partial charge in [-0.05, 0) is 6.07 Å². The van der Waals surface area contributed by atoms with E-state index in [1.165, 1.54) is 0 Å². The molecular formula is C12H13Cl2NO. The molecule has 1 aromatic carbocycles. The van der Waals surface area contributed by atoms with E-state index in [9.17, 15) is 4.79 Å². The van der Waals surface area contributed by atoms with Crippen molar-refractivity contribution >= 4 is 29.0 Å². The lowest BCUT2D eigenvalue weighted by Gasteiger charge is -2.30. The summed E-state index contributed by atoms with van der Waals surface area (Å²) >= 11 is 12.5. The minimum absolute atomic E-state index is 0.234. The number of hydrogen-bond acceptors (Lipinski definition) is 2. The Morgan fingerprint density at radius 1 is 1.19 bits per heavy atom. The quantitative estimate of drug-likeness (QED) is 0.599. The second-order valence-corrected chi connectivity index (χ2v) is 4.75. The van der Waals surface area contributed by atoms with Gasteiger partial charge in [-0.25, -0.2) is 0 Å². The maximum atomic E-state index is 11.1. The average Bonchev–Trinajstić information content (AvgIpc) is 2.30. The molecule has 1 atom stereocenters. The first-order chi connectivity index (χ1) is 7.68. The Kier molecular flexibility index (Phi) is 3.85. The molecule has 1 aliphatic heterocycles. The lowest BCUT2D eigenvalue weighted by Crippen LogP contribution is -2.35. The van der Waals surface area contributed by atoms with E-state index in [2.05, 4.69) is 4.90 Å². The zero-order valence-corrected chi connectivity index (χ0v) is 10.3. The van der Waals surface area contributed by atoms with E-state index in [1.807, 2.05) is 24.3 Å². The van der Waals surface area contributed by atoms with E-state index in [1.54, 1.807) is 0 Å². The summed E-state index contributed by atoms with van der Waals surface area (Å²) in [4.78, 5) is 13.2. The molecule has 0 radical (unpaired) electrons. The summed E-state index contributed by atoms with van der Waals surface area (Å²) in [6, 6.07) is 7.57. The van der Waals surface area contributed by atoms with E-state index in [-0.39, 0.29) is 5.50 Å². The summed E-state index contributed by atoms with van der Waals surface area (Å²) in [6.45, 7) is 1.44. The number of rotatable bonds is 2. The Balaban J connectivity index is 2.10. The minimum Gasteiger partial charge on any atom is -0.300 e. The molecule has 0 saturated carbocycles. The summed E-state index contributed by atoms with van der Waals surface area (Å²) in [5, 5.41) is 0.680. The number of ketones is 1. The Labute approximate surface area is 105 Å². The fourth-order valence-corrected chi connectivity index (χ4v) is 2.55. The molecule has 0 N–H and O–H groups in total. The van der Waals surface area contributed by atoms with Crippen LogP contribution in [-0.2, 0) is 4.79 Å². The Bertz CT molecular complexity index is 384. The van der Waals surface area contributed by atoms with Crippen LogP contribution >= 0.6 is 23.2 Å². The maximum Gasteiger partial charge on any atom is 0.135 e. The monoisotopic (exact) mass is 257 g/mol. The number of Topliss-reactive ketones (excluding diaryl/α,β-unsaturated/α-hetero) is 1. The molecule has 1 unspecified atom stereocenters. The third-order valence-electron chi connectivity index (χ3n) is 2.84. The van der Waals surface area contributed by atoms with Gasteiger partial charge in [-0.1, -0.05) is 29.8 Å². The van der Waals surface area contributed by atoms with Crippen molar-refractivity contribution in [3.05, 3.63) is 34.9 Å². The third-order valence-corrected chi connectivity index (χ3v) is 3.69. The first-order valence-corrected chi connectivity index (χ1v) is 6.14. The molecule has 2 rings (SSSR count). The molecule has 2 nitrogen and oxygen atoms in total. The van der Waals surface area contributed by atoms with E-state index in [4.69, 9.17) is 23.2 Å². The predicted molar refractivity (Wildman–Crippen MR) is 65.9 cm³/mol. The number of benzene rings is 1. The van der Waals surface area contributed by atoms with E-state index in [0.717, 1.165) is 18.7 Å².